The molecule has 0 saturated heterocycles. The van der Waals surface area contributed by atoms with E-state index in [0.29, 0.717) is 5.02 Å². The van der Waals surface area contributed by atoms with Crippen LogP contribution in [0.25, 0.3) is 21.7 Å². The lowest BCUT2D eigenvalue weighted by atomic mass is 10.1. The Morgan fingerprint density at radius 2 is 1.87 bits per heavy atom. The van der Waals surface area contributed by atoms with Crippen molar-refractivity contribution in [1.29, 1.82) is 0 Å². The first kappa shape index (κ1) is 8.69. The first-order valence-electron chi connectivity index (χ1n) is 4.70. The molecule has 1 aromatic heterocycles. The molecule has 0 bridgehead atoms. The Morgan fingerprint density at radius 3 is 2.80 bits per heavy atom. The number of aromatic nitrogens is 1. The molecule has 0 saturated carbocycles. The third-order valence-corrected chi connectivity index (χ3v) is 2.84. The van der Waals surface area contributed by atoms with Crippen molar-refractivity contribution in [2.45, 2.75) is 0 Å². The van der Waals surface area contributed by atoms with Crippen molar-refractivity contribution in [3.8, 4) is 0 Å². The summed E-state index contributed by atoms with van der Waals surface area (Å²) in [6.45, 7) is 0. The lowest BCUT2D eigenvalue weighted by Gasteiger charge is -2.03. The van der Waals surface area contributed by atoms with E-state index in [2.05, 4.69) is 29.4 Å². The maximum Gasteiger partial charge on any atom is 0.0909 e. The zero-order valence-corrected chi connectivity index (χ0v) is 8.62. The smallest absolute Gasteiger partial charge is 0.0909 e. The minimum absolute atomic E-state index is 0.700. The van der Waals surface area contributed by atoms with Gasteiger partial charge in [0.05, 0.1) is 16.7 Å². The van der Waals surface area contributed by atoms with Gasteiger partial charge in [-0.25, -0.2) is 4.98 Å². The molecule has 71 valence electrons. The van der Waals surface area contributed by atoms with E-state index in [9.17, 15) is 0 Å². The average Bonchev–Trinajstić information content (AvgIpc) is 2.29. The van der Waals surface area contributed by atoms with Crippen LogP contribution in [0.4, 0.5) is 0 Å². The highest BCUT2D eigenvalue weighted by Gasteiger charge is 2.03. The van der Waals surface area contributed by atoms with Gasteiger partial charge in [-0.05, 0) is 11.5 Å². The normalized spacial score (nSPS) is 11.0. The summed E-state index contributed by atoms with van der Waals surface area (Å²) < 4.78 is 0. The summed E-state index contributed by atoms with van der Waals surface area (Å²) in [5, 5.41) is 3.97. The zero-order valence-electron chi connectivity index (χ0n) is 7.87. The molecule has 2 heteroatoms. The molecule has 0 aliphatic heterocycles. The van der Waals surface area contributed by atoms with Crippen LogP contribution in [-0.4, -0.2) is 4.98 Å². The largest absolute Gasteiger partial charge is 0.245 e. The van der Waals surface area contributed by atoms with Gasteiger partial charge in [-0.1, -0.05) is 48.0 Å². The summed E-state index contributed by atoms with van der Waals surface area (Å²) in [5.41, 5.74) is 0.917. The Morgan fingerprint density at radius 1 is 1.00 bits per heavy atom. The van der Waals surface area contributed by atoms with E-state index in [-0.39, 0.29) is 0 Å². The van der Waals surface area contributed by atoms with Gasteiger partial charge in [-0.2, -0.15) is 0 Å². The van der Waals surface area contributed by atoms with Gasteiger partial charge >= 0.3 is 0 Å². The second-order valence-electron chi connectivity index (χ2n) is 3.42. The topological polar surface area (TPSA) is 12.9 Å². The fourth-order valence-corrected chi connectivity index (χ4v) is 2.00. The highest BCUT2D eigenvalue weighted by molar-refractivity contribution is 6.36. The van der Waals surface area contributed by atoms with Crippen molar-refractivity contribution >= 4 is 33.3 Å². The number of halogens is 1. The first-order valence-corrected chi connectivity index (χ1v) is 5.08. The summed E-state index contributed by atoms with van der Waals surface area (Å²) in [5.74, 6) is 0. The van der Waals surface area contributed by atoms with E-state index < -0.39 is 0 Å². The summed E-state index contributed by atoms with van der Waals surface area (Å²) in [6, 6.07) is 13.9. The molecular formula is C13H7ClN. The van der Waals surface area contributed by atoms with Crippen molar-refractivity contribution in [2.75, 3.05) is 0 Å². The lowest BCUT2D eigenvalue weighted by Crippen LogP contribution is -1.82. The molecule has 0 aliphatic carbocycles. The maximum absolute atomic E-state index is 6.09. The minimum atomic E-state index is 0.700. The van der Waals surface area contributed by atoms with E-state index in [1.807, 2.05) is 18.2 Å². The molecule has 2 aromatic carbocycles. The zero-order chi connectivity index (χ0) is 10.3. The van der Waals surface area contributed by atoms with Crippen LogP contribution in [0.2, 0.25) is 5.02 Å². The van der Waals surface area contributed by atoms with Gasteiger partial charge in [0.1, 0.15) is 0 Å². The fraction of sp³-hybridized carbons (Fsp3) is 0. The molecular weight excluding hydrogens is 206 g/mol. The molecule has 0 spiro atoms. The minimum Gasteiger partial charge on any atom is -0.245 e. The Labute approximate surface area is 92.3 Å². The average molecular weight is 213 g/mol. The van der Waals surface area contributed by atoms with Crippen molar-refractivity contribution in [2.24, 2.45) is 0 Å². The molecule has 0 aliphatic rings. The van der Waals surface area contributed by atoms with Crippen molar-refractivity contribution in [3.05, 3.63) is 53.7 Å². The summed E-state index contributed by atoms with van der Waals surface area (Å²) in [4.78, 5) is 4.26. The van der Waals surface area contributed by atoms with Gasteiger partial charge in [0.2, 0.25) is 0 Å². The number of hydrogen-bond donors (Lipinski definition) is 0. The number of benzene rings is 2. The second-order valence-corrected chi connectivity index (χ2v) is 3.82. The van der Waals surface area contributed by atoms with Crippen LogP contribution in [0.3, 0.4) is 0 Å². The quantitative estimate of drug-likeness (QED) is 0.516. The van der Waals surface area contributed by atoms with E-state index >= 15 is 0 Å². The highest BCUT2D eigenvalue weighted by atomic mass is 35.5. The predicted octanol–water partition coefficient (Wildman–Crippen LogP) is 3.84. The lowest BCUT2D eigenvalue weighted by molar-refractivity contribution is 1.41. The number of hydrogen-bond acceptors (Lipinski definition) is 1. The van der Waals surface area contributed by atoms with Gasteiger partial charge in [0.15, 0.2) is 0 Å². The van der Waals surface area contributed by atoms with Crippen molar-refractivity contribution in [3.63, 3.8) is 0 Å². The molecule has 3 aromatic rings. The van der Waals surface area contributed by atoms with Crippen LogP contribution in [0.5, 0.6) is 0 Å². The number of rotatable bonds is 0. The molecule has 15 heavy (non-hydrogen) atoms. The van der Waals surface area contributed by atoms with Crippen LogP contribution in [0.1, 0.15) is 0 Å². The SMILES string of the molecule is Clc1c[c]nc2c1ccc1ccccc12. The Balaban J connectivity index is 2.60. The molecule has 0 amide bonds. The van der Waals surface area contributed by atoms with Crippen LogP contribution < -0.4 is 0 Å². The summed E-state index contributed by atoms with van der Waals surface area (Å²) in [7, 11) is 0. The Bertz CT molecular complexity index is 646. The van der Waals surface area contributed by atoms with Crippen LogP contribution in [0.15, 0.2) is 42.5 Å². The molecule has 0 N–H and O–H groups in total. The van der Waals surface area contributed by atoms with E-state index in [0.717, 1.165) is 16.3 Å². The highest BCUT2D eigenvalue weighted by Crippen LogP contribution is 2.27. The van der Waals surface area contributed by atoms with Crippen LogP contribution in [-0.2, 0) is 0 Å². The summed E-state index contributed by atoms with van der Waals surface area (Å²) >= 11 is 6.09. The molecule has 0 unspecified atom stereocenters. The van der Waals surface area contributed by atoms with E-state index in [1.165, 1.54) is 5.39 Å². The van der Waals surface area contributed by atoms with Gasteiger partial charge < -0.3 is 0 Å². The van der Waals surface area contributed by atoms with Crippen molar-refractivity contribution in [1.82, 2.24) is 4.98 Å². The first-order chi connectivity index (χ1) is 7.36. The van der Waals surface area contributed by atoms with E-state index in [1.54, 1.807) is 6.07 Å². The molecule has 0 atom stereocenters. The Kier molecular flexibility index (Phi) is 1.86. The molecule has 3 rings (SSSR count). The van der Waals surface area contributed by atoms with Gasteiger partial charge in [-0.15, -0.1) is 0 Å². The number of fused-ring (bicyclic) bond motifs is 3. The molecule has 1 radical (unpaired) electrons. The predicted molar refractivity (Wildman–Crippen MR) is 63.1 cm³/mol. The van der Waals surface area contributed by atoms with Crippen LogP contribution in [0, 0.1) is 6.20 Å². The maximum atomic E-state index is 6.09. The third-order valence-electron chi connectivity index (χ3n) is 2.53. The van der Waals surface area contributed by atoms with Crippen molar-refractivity contribution < 1.29 is 0 Å². The fourth-order valence-electron chi connectivity index (χ4n) is 1.80. The monoisotopic (exact) mass is 212 g/mol. The molecule has 1 heterocycles. The van der Waals surface area contributed by atoms with Crippen LogP contribution >= 0.6 is 11.6 Å². The standard InChI is InChI=1S/C13H7ClN/c14-12-7-8-15-13-10-4-2-1-3-9(10)5-6-11(12)13/h1-7H. The molecule has 0 fully saturated rings. The second kappa shape index (κ2) is 3.21. The van der Waals surface area contributed by atoms with Gasteiger partial charge in [0, 0.05) is 10.8 Å². The summed E-state index contributed by atoms with van der Waals surface area (Å²) in [6.07, 6.45) is 2.81. The number of pyridine rings is 1. The third kappa shape index (κ3) is 1.28. The number of nitrogens with zero attached hydrogens (tertiary/aromatic N) is 1. The van der Waals surface area contributed by atoms with E-state index in [4.69, 9.17) is 11.6 Å². The van der Waals surface area contributed by atoms with Gasteiger partial charge in [-0.3, -0.25) is 0 Å². The Hall–Kier alpha value is -1.60. The van der Waals surface area contributed by atoms with Gasteiger partial charge in [0.25, 0.3) is 0 Å². The molecule has 1 nitrogen and oxygen atoms in total.